The molecule has 0 saturated heterocycles. The largest absolute Gasteiger partial charge is 0.351 e. The van der Waals surface area contributed by atoms with Gasteiger partial charge in [0.05, 0.1) is 6.04 Å². The van der Waals surface area contributed by atoms with Crippen LogP contribution >= 0.6 is 35.4 Å². The molecular weight excluding hydrogens is 371 g/mol. The van der Waals surface area contributed by atoms with Crippen molar-refractivity contribution in [3.63, 3.8) is 0 Å². The number of benzene rings is 2. The van der Waals surface area contributed by atoms with E-state index in [1.807, 2.05) is 36.4 Å². The zero-order valence-corrected chi connectivity index (χ0v) is 15.7. The summed E-state index contributed by atoms with van der Waals surface area (Å²) < 4.78 is 0. The Labute approximate surface area is 162 Å². The number of rotatable bonds is 2. The van der Waals surface area contributed by atoms with Crippen molar-refractivity contribution >= 4 is 46.6 Å². The second kappa shape index (κ2) is 6.83. The second-order valence-electron chi connectivity index (χ2n) is 6.20. The number of halogens is 2. The second-order valence-corrected chi connectivity index (χ2v) is 7.48. The lowest BCUT2D eigenvalue weighted by Gasteiger charge is -2.30. The quantitative estimate of drug-likeness (QED) is 0.652. The summed E-state index contributed by atoms with van der Waals surface area (Å²) in [6.07, 6.45) is 4.20. The van der Waals surface area contributed by atoms with Crippen molar-refractivity contribution in [3.05, 3.63) is 86.5 Å². The molecule has 2 N–H and O–H groups in total. The topological polar surface area (TPSA) is 24.1 Å². The Morgan fingerprint density at radius 1 is 0.920 bits per heavy atom. The van der Waals surface area contributed by atoms with Gasteiger partial charge in [-0.3, -0.25) is 0 Å². The molecule has 0 amide bonds. The van der Waals surface area contributed by atoms with Crippen LogP contribution in [0.1, 0.15) is 30.0 Å². The maximum atomic E-state index is 6.05. The van der Waals surface area contributed by atoms with Gasteiger partial charge in [0.1, 0.15) is 0 Å². The van der Waals surface area contributed by atoms with Crippen molar-refractivity contribution in [2.75, 3.05) is 0 Å². The molecule has 0 radical (unpaired) electrons. The van der Waals surface area contributed by atoms with Gasteiger partial charge in [0.25, 0.3) is 0 Å². The van der Waals surface area contributed by atoms with E-state index in [0.29, 0.717) is 5.11 Å². The third kappa shape index (κ3) is 3.45. The smallest absolute Gasteiger partial charge is 0.171 e. The van der Waals surface area contributed by atoms with Crippen molar-refractivity contribution < 1.29 is 0 Å². The summed E-state index contributed by atoms with van der Waals surface area (Å²) >= 11 is 17.4. The van der Waals surface area contributed by atoms with E-state index in [1.54, 1.807) is 0 Å². The Bertz CT molecular complexity index is 883. The molecule has 25 heavy (non-hydrogen) atoms. The summed E-state index contributed by atoms with van der Waals surface area (Å²) in [5.74, 6) is 0. The van der Waals surface area contributed by atoms with E-state index in [4.69, 9.17) is 35.4 Å². The summed E-state index contributed by atoms with van der Waals surface area (Å²) in [6.45, 7) is 0. The molecule has 2 nitrogen and oxygen atoms in total. The number of allylic oxidation sites excluding steroid dienone is 1. The maximum absolute atomic E-state index is 6.05. The normalized spacial score (nSPS) is 21.1. The van der Waals surface area contributed by atoms with Crippen LogP contribution in [-0.2, 0) is 0 Å². The van der Waals surface area contributed by atoms with E-state index in [-0.39, 0.29) is 6.04 Å². The lowest BCUT2D eigenvalue weighted by atomic mass is 9.92. The Morgan fingerprint density at radius 3 is 2.24 bits per heavy atom. The molecule has 0 bridgehead atoms. The molecule has 4 rings (SSSR count). The summed E-state index contributed by atoms with van der Waals surface area (Å²) in [4.78, 5) is 0. The molecule has 2 aromatic rings. The Morgan fingerprint density at radius 2 is 1.56 bits per heavy atom. The molecular formula is C20H16Cl2N2S. The van der Waals surface area contributed by atoms with Gasteiger partial charge in [0.2, 0.25) is 0 Å². The predicted molar refractivity (Wildman–Crippen MR) is 109 cm³/mol. The van der Waals surface area contributed by atoms with Crippen molar-refractivity contribution in [2.24, 2.45) is 0 Å². The number of nitrogens with one attached hydrogen (secondary N) is 2. The minimum absolute atomic E-state index is 0.0436. The molecule has 0 spiro atoms. The molecule has 126 valence electrons. The van der Waals surface area contributed by atoms with Crippen molar-refractivity contribution in [1.29, 1.82) is 0 Å². The van der Waals surface area contributed by atoms with Crippen LogP contribution in [-0.4, -0.2) is 5.11 Å². The molecule has 0 saturated carbocycles. The lowest BCUT2D eigenvalue weighted by molar-refractivity contribution is 0.708. The van der Waals surface area contributed by atoms with Crippen LogP contribution in [0.15, 0.2) is 65.4 Å². The Kier molecular flexibility index (Phi) is 4.55. The molecule has 1 aliphatic heterocycles. The molecule has 0 aromatic heterocycles. The van der Waals surface area contributed by atoms with Crippen LogP contribution in [0, 0.1) is 0 Å². The molecule has 0 unspecified atom stereocenters. The van der Waals surface area contributed by atoms with Crippen LogP contribution in [0.3, 0.4) is 0 Å². The van der Waals surface area contributed by atoms with Gasteiger partial charge in [-0.15, -0.1) is 0 Å². The SMILES string of the molecule is S=C1NC2=C(/C(=C\c3ccc(Cl)cc3)CC2)[C@@H](c2ccc(Cl)cc2)N1. The first kappa shape index (κ1) is 16.6. The molecule has 1 atom stereocenters. The highest BCUT2D eigenvalue weighted by Crippen LogP contribution is 2.41. The van der Waals surface area contributed by atoms with Gasteiger partial charge < -0.3 is 10.6 Å². The van der Waals surface area contributed by atoms with E-state index in [1.165, 1.54) is 16.8 Å². The Balaban J connectivity index is 1.75. The van der Waals surface area contributed by atoms with Crippen LogP contribution in [0.2, 0.25) is 10.0 Å². The van der Waals surface area contributed by atoms with E-state index in [2.05, 4.69) is 28.8 Å². The van der Waals surface area contributed by atoms with Crippen LogP contribution in [0.5, 0.6) is 0 Å². The summed E-state index contributed by atoms with van der Waals surface area (Å²) in [6, 6.07) is 15.9. The highest BCUT2D eigenvalue weighted by molar-refractivity contribution is 7.80. The molecule has 0 fully saturated rings. The molecule has 2 aliphatic rings. The monoisotopic (exact) mass is 386 g/mol. The predicted octanol–water partition coefficient (Wildman–Crippen LogP) is 5.64. The third-order valence-electron chi connectivity index (χ3n) is 4.56. The average molecular weight is 387 g/mol. The number of hydrogen-bond donors (Lipinski definition) is 2. The fourth-order valence-electron chi connectivity index (χ4n) is 3.40. The lowest BCUT2D eigenvalue weighted by Crippen LogP contribution is -2.42. The van der Waals surface area contributed by atoms with E-state index < -0.39 is 0 Å². The van der Waals surface area contributed by atoms with Gasteiger partial charge >= 0.3 is 0 Å². The van der Waals surface area contributed by atoms with Crippen LogP contribution < -0.4 is 10.6 Å². The van der Waals surface area contributed by atoms with Crippen molar-refractivity contribution in [3.8, 4) is 0 Å². The maximum Gasteiger partial charge on any atom is 0.171 e. The average Bonchev–Trinajstić information content (AvgIpc) is 2.99. The highest BCUT2D eigenvalue weighted by Gasteiger charge is 2.32. The van der Waals surface area contributed by atoms with Gasteiger partial charge in [0, 0.05) is 21.3 Å². The van der Waals surface area contributed by atoms with E-state index in [0.717, 1.165) is 34.0 Å². The van der Waals surface area contributed by atoms with E-state index >= 15 is 0 Å². The molecule has 5 heteroatoms. The number of thiocarbonyl (C=S) groups is 1. The molecule has 1 heterocycles. The van der Waals surface area contributed by atoms with E-state index in [9.17, 15) is 0 Å². The summed E-state index contributed by atoms with van der Waals surface area (Å²) in [5.41, 5.74) is 6.12. The Hall–Kier alpha value is -1.81. The first-order valence-electron chi connectivity index (χ1n) is 8.13. The van der Waals surface area contributed by atoms with Gasteiger partial charge in [-0.25, -0.2) is 0 Å². The first-order valence-corrected chi connectivity index (χ1v) is 9.29. The zero-order valence-electron chi connectivity index (χ0n) is 13.4. The van der Waals surface area contributed by atoms with Crippen molar-refractivity contribution in [2.45, 2.75) is 18.9 Å². The third-order valence-corrected chi connectivity index (χ3v) is 5.28. The minimum atomic E-state index is 0.0436. The highest BCUT2D eigenvalue weighted by atomic mass is 35.5. The van der Waals surface area contributed by atoms with Crippen LogP contribution in [0.4, 0.5) is 0 Å². The standard InChI is InChI=1S/C20H16Cl2N2S/c21-15-6-1-12(2-7-15)11-14-5-10-17-18(14)19(24-20(25)23-17)13-3-8-16(22)9-4-13/h1-4,6-9,11,19H,5,10H2,(H2,23,24,25)/b14-11-/t19-/m1/s1. The fraction of sp³-hybridized carbons (Fsp3) is 0.150. The number of hydrogen-bond acceptors (Lipinski definition) is 1. The van der Waals surface area contributed by atoms with Gasteiger partial charge in [0.15, 0.2) is 5.11 Å². The van der Waals surface area contributed by atoms with Gasteiger partial charge in [-0.2, -0.15) is 0 Å². The van der Waals surface area contributed by atoms with Crippen molar-refractivity contribution in [1.82, 2.24) is 10.6 Å². The van der Waals surface area contributed by atoms with Gasteiger partial charge in [-0.1, -0.05) is 53.5 Å². The summed E-state index contributed by atoms with van der Waals surface area (Å²) in [5, 5.41) is 8.89. The molecule has 2 aromatic carbocycles. The fourth-order valence-corrected chi connectivity index (χ4v) is 3.90. The first-order chi connectivity index (χ1) is 12.1. The van der Waals surface area contributed by atoms with Crippen LogP contribution in [0.25, 0.3) is 6.08 Å². The van der Waals surface area contributed by atoms with Gasteiger partial charge in [-0.05, 0) is 66.0 Å². The minimum Gasteiger partial charge on any atom is -0.351 e. The zero-order chi connectivity index (χ0) is 17.4. The summed E-state index contributed by atoms with van der Waals surface area (Å²) in [7, 11) is 0. The molecule has 1 aliphatic carbocycles.